The maximum Gasteiger partial charge on any atom is 0.240 e. The van der Waals surface area contributed by atoms with E-state index < -0.39 is 27.6 Å². The highest BCUT2D eigenvalue weighted by Gasteiger charge is 2.27. The first kappa shape index (κ1) is 18.5. The van der Waals surface area contributed by atoms with Crippen LogP contribution in [0.5, 0.6) is 0 Å². The number of sulfonamides is 1. The number of nitrogens with one attached hydrogen (secondary N) is 2. The van der Waals surface area contributed by atoms with Crippen molar-refractivity contribution in [3.63, 3.8) is 0 Å². The summed E-state index contributed by atoms with van der Waals surface area (Å²) in [6, 6.07) is 9.12. The van der Waals surface area contributed by atoms with E-state index in [1.165, 1.54) is 12.1 Å². The van der Waals surface area contributed by atoms with E-state index in [0.717, 1.165) is 36.6 Å². The molecule has 1 aliphatic carbocycles. The summed E-state index contributed by atoms with van der Waals surface area (Å²) in [5.41, 5.74) is 0.563. The summed E-state index contributed by atoms with van der Waals surface area (Å²) in [4.78, 5) is 12.1. The molecule has 2 aromatic carbocycles. The summed E-state index contributed by atoms with van der Waals surface area (Å²) in [6.45, 7) is 0. The minimum atomic E-state index is -3.50. The summed E-state index contributed by atoms with van der Waals surface area (Å²) in [5.74, 6) is -1.81. The van der Waals surface area contributed by atoms with Crippen molar-refractivity contribution < 1.29 is 22.0 Å². The Morgan fingerprint density at radius 2 is 1.77 bits per heavy atom. The summed E-state index contributed by atoms with van der Waals surface area (Å²) < 4.78 is 53.4. The Bertz CT molecular complexity index is 911. The average molecular weight is 380 g/mol. The molecule has 0 aromatic heterocycles. The lowest BCUT2D eigenvalue weighted by atomic mass is 10.1. The van der Waals surface area contributed by atoms with Crippen molar-refractivity contribution in [2.24, 2.45) is 0 Å². The lowest BCUT2D eigenvalue weighted by molar-refractivity contribution is -0.116. The van der Waals surface area contributed by atoms with Gasteiger partial charge in [-0.1, -0.05) is 12.1 Å². The van der Waals surface area contributed by atoms with Crippen molar-refractivity contribution in [2.75, 3.05) is 5.32 Å². The van der Waals surface area contributed by atoms with Crippen LogP contribution in [-0.4, -0.2) is 20.4 Å². The van der Waals surface area contributed by atoms with E-state index >= 15 is 0 Å². The van der Waals surface area contributed by atoms with E-state index in [1.54, 1.807) is 12.1 Å². The highest BCUT2D eigenvalue weighted by Crippen LogP contribution is 2.22. The van der Waals surface area contributed by atoms with Gasteiger partial charge < -0.3 is 5.32 Å². The number of rotatable bonds is 7. The van der Waals surface area contributed by atoms with Crippen LogP contribution in [0.4, 0.5) is 14.5 Å². The third-order valence-corrected chi connectivity index (χ3v) is 5.51. The zero-order chi connectivity index (χ0) is 18.7. The first-order chi connectivity index (χ1) is 12.3. The molecule has 0 aliphatic heterocycles. The minimum Gasteiger partial charge on any atom is -0.324 e. The fraction of sp³-hybridized carbons (Fsp3) is 0.278. The van der Waals surface area contributed by atoms with Gasteiger partial charge in [0.05, 0.1) is 10.6 Å². The summed E-state index contributed by atoms with van der Waals surface area (Å²) in [7, 11) is -3.50. The highest BCUT2D eigenvalue weighted by atomic mass is 32.2. The Labute approximate surface area is 150 Å². The maximum atomic E-state index is 13.5. The number of carbonyl (C=O) groups is 1. The smallest absolute Gasteiger partial charge is 0.240 e. The number of anilines is 1. The number of halogens is 2. The molecular formula is C18H18F2N2O3S. The lowest BCUT2D eigenvalue weighted by Crippen LogP contribution is -2.25. The van der Waals surface area contributed by atoms with Crippen LogP contribution in [0.1, 0.15) is 24.8 Å². The summed E-state index contributed by atoms with van der Waals surface area (Å²) >= 11 is 0. The van der Waals surface area contributed by atoms with Gasteiger partial charge in [-0.3, -0.25) is 4.79 Å². The fourth-order valence-corrected chi connectivity index (χ4v) is 3.69. The number of hydrogen-bond acceptors (Lipinski definition) is 3. The number of aryl methyl sites for hydroxylation is 1. The normalized spacial score (nSPS) is 14.2. The van der Waals surface area contributed by atoms with Crippen molar-refractivity contribution >= 4 is 21.6 Å². The van der Waals surface area contributed by atoms with Crippen molar-refractivity contribution in [1.82, 2.24) is 4.72 Å². The Morgan fingerprint density at radius 1 is 1.08 bits per heavy atom. The predicted molar refractivity (Wildman–Crippen MR) is 93.1 cm³/mol. The first-order valence-corrected chi connectivity index (χ1v) is 9.68. The standard InChI is InChI=1S/C18H18F2N2O3S/c19-13-4-9-16(20)17(11-13)21-18(23)10-3-12-1-7-15(8-2-12)26(24,25)22-14-5-6-14/h1-2,4,7-9,11,14,22H,3,5-6,10H2,(H,21,23). The maximum absolute atomic E-state index is 13.5. The van der Waals surface area contributed by atoms with Crippen molar-refractivity contribution in [2.45, 2.75) is 36.6 Å². The molecule has 138 valence electrons. The Morgan fingerprint density at radius 3 is 2.42 bits per heavy atom. The van der Waals surface area contributed by atoms with E-state index in [4.69, 9.17) is 0 Å². The monoisotopic (exact) mass is 380 g/mol. The van der Waals surface area contributed by atoms with E-state index in [2.05, 4.69) is 10.0 Å². The zero-order valence-corrected chi connectivity index (χ0v) is 14.7. The van der Waals surface area contributed by atoms with Crippen LogP contribution in [0.2, 0.25) is 0 Å². The second-order valence-corrected chi connectivity index (χ2v) is 7.93. The second-order valence-electron chi connectivity index (χ2n) is 6.21. The summed E-state index contributed by atoms with van der Waals surface area (Å²) in [6.07, 6.45) is 2.12. The van der Waals surface area contributed by atoms with Gasteiger partial charge in [-0.25, -0.2) is 21.9 Å². The quantitative estimate of drug-likeness (QED) is 0.775. The Hall–Kier alpha value is -2.32. The van der Waals surface area contributed by atoms with Gasteiger partial charge in [0.15, 0.2) is 0 Å². The van der Waals surface area contributed by atoms with Gasteiger partial charge in [0.1, 0.15) is 11.6 Å². The van der Waals surface area contributed by atoms with Crippen LogP contribution in [-0.2, 0) is 21.2 Å². The number of hydrogen-bond donors (Lipinski definition) is 2. The fourth-order valence-electron chi connectivity index (χ4n) is 2.39. The van der Waals surface area contributed by atoms with Gasteiger partial charge in [-0.2, -0.15) is 0 Å². The van der Waals surface area contributed by atoms with E-state index in [1.807, 2.05) is 0 Å². The van der Waals surface area contributed by atoms with Crippen molar-refractivity contribution in [3.05, 3.63) is 59.7 Å². The molecule has 0 saturated heterocycles. The molecule has 2 aromatic rings. The van der Waals surface area contributed by atoms with Crippen molar-refractivity contribution in [3.8, 4) is 0 Å². The molecule has 8 heteroatoms. The van der Waals surface area contributed by atoms with Gasteiger partial charge in [0.25, 0.3) is 0 Å². The predicted octanol–water partition coefficient (Wildman–Crippen LogP) is 2.98. The van der Waals surface area contributed by atoms with E-state index in [-0.39, 0.29) is 23.0 Å². The minimum absolute atomic E-state index is 0.0339. The zero-order valence-electron chi connectivity index (χ0n) is 13.8. The van der Waals surface area contributed by atoms with E-state index in [9.17, 15) is 22.0 Å². The third-order valence-electron chi connectivity index (χ3n) is 3.98. The van der Waals surface area contributed by atoms with Crippen LogP contribution < -0.4 is 10.0 Å². The van der Waals surface area contributed by atoms with Crippen LogP contribution in [0.25, 0.3) is 0 Å². The Balaban J connectivity index is 1.56. The molecule has 0 heterocycles. The molecule has 0 atom stereocenters. The molecule has 1 amide bonds. The molecule has 2 N–H and O–H groups in total. The highest BCUT2D eigenvalue weighted by molar-refractivity contribution is 7.89. The molecule has 0 unspecified atom stereocenters. The molecule has 26 heavy (non-hydrogen) atoms. The van der Waals surface area contributed by atoms with Crippen LogP contribution in [0.15, 0.2) is 47.4 Å². The molecule has 5 nitrogen and oxygen atoms in total. The topological polar surface area (TPSA) is 75.3 Å². The first-order valence-electron chi connectivity index (χ1n) is 8.20. The second kappa shape index (κ2) is 7.51. The molecule has 0 bridgehead atoms. The molecule has 1 saturated carbocycles. The molecule has 3 rings (SSSR count). The third kappa shape index (κ3) is 4.86. The van der Waals surface area contributed by atoms with Gasteiger partial charge in [0.2, 0.25) is 15.9 Å². The number of benzene rings is 2. The van der Waals surface area contributed by atoms with Crippen LogP contribution >= 0.6 is 0 Å². The van der Waals surface area contributed by atoms with E-state index in [0.29, 0.717) is 6.42 Å². The largest absolute Gasteiger partial charge is 0.324 e. The van der Waals surface area contributed by atoms with Crippen LogP contribution in [0, 0.1) is 11.6 Å². The van der Waals surface area contributed by atoms with Crippen molar-refractivity contribution in [1.29, 1.82) is 0 Å². The van der Waals surface area contributed by atoms with Crippen LogP contribution in [0.3, 0.4) is 0 Å². The summed E-state index contributed by atoms with van der Waals surface area (Å²) in [5, 5.41) is 2.33. The van der Waals surface area contributed by atoms with Gasteiger partial charge in [0, 0.05) is 18.5 Å². The molecular weight excluding hydrogens is 362 g/mol. The number of amides is 1. The molecule has 0 radical (unpaired) electrons. The van der Waals surface area contributed by atoms with Gasteiger partial charge in [-0.15, -0.1) is 0 Å². The number of carbonyl (C=O) groups excluding carboxylic acids is 1. The van der Waals surface area contributed by atoms with Gasteiger partial charge in [-0.05, 0) is 49.1 Å². The lowest BCUT2D eigenvalue weighted by Gasteiger charge is -2.08. The Kier molecular flexibility index (Phi) is 5.33. The molecule has 1 aliphatic rings. The van der Waals surface area contributed by atoms with Gasteiger partial charge >= 0.3 is 0 Å². The molecule has 1 fully saturated rings. The SMILES string of the molecule is O=C(CCc1ccc(S(=O)(=O)NC2CC2)cc1)Nc1cc(F)ccc1F. The molecule has 0 spiro atoms. The average Bonchev–Trinajstić information content (AvgIpc) is 3.40.